The van der Waals surface area contributed by atoms with Crippen LogP contribution in [0.15, 0.2) is 59.5 Å². The molecule has 0 bridgehead atoms. The molecule has 6 heteroatoms. The fourth-order valence-electron chi connectivity index (χ4n) is 3.85. The number of amides is 1. The summed E-state index contributed by atoms with van der Waals surface area (Å²) in [7, 11) is -3.59. The van der Waals surface area contributed by atoms with Crippen LogP contribution in [0.1, 0.15) is 62.0 Å². The Kier molecular flexibility index (Phi) is 7.32. The molecule has 30 heavy (non-hydrogen) atoms. The van der Waals surface area contributed by atoms with Crippen LogP contribution in [-0.4, -0.2) is 31.7 Å². The molecule has 2 aromatic rings. The van der Waals surface area contributed by atoms with E-state index in [-0.39, 0.29) is 16.8 Å². The van der Waals surface area contributed by atoms with Crippen molar-refractivity contribution in [3.63, 3.8) is 0 Å². The number of piperidine rings is 1. The summed E-state index contributed by atoms with van der Waals surface area (Å²) in [5.41, 5.74) is 1.41. The number of nitrogens with zero attached hydrogens (tertiary/aromatic N) is 1. The first-order valence-electron chi connectivity index (χ1n) is 10.7. The largest absolute Gasteiger partial charge is 0.345 e. The second-order valence-corrected chi connectivity index (χ2v) is 10.6. The van der Waals surface area contributed by atoms with Crippen LogP contribution in [0.2, 0.25) is 0 Å². The van der Waals surface area contributed by atoms with E-state index in [9.17, 15) is 13.2 Å². The topological polar surface area (TPSA) is 66.5 Å². The van der Waals surface area contributed by atoms with E-state index in [1.807, 2.05) is 30.3 Å². The minimum atomic E-state index is -3.59. The first-order chi connectivity index (χ1) is 14.3. The van der Waals surface area contributed by atoms with Crippen molar-refractivity contribution < 1.29 is 13.2 Å². The molecule has 1 aliphatic rings. The van der Waals surface area contributed by atoms with Crippen molar-refractivity contribution in [3.05, 3.63) is 65.7 Å². The van der Waals surface area contributed by atoms with Gasteiger partial charge in [-0.2, -0.15) is 4.31 Å². The zero-order valence-corrected chi connectivity index (χ0v) is 18.9. The van der Waals surface area contributed by atoms with Gasteiger partial charge in [0.2, 0.25) is 10.0 Å². The van der Waals surface area contributed by atoms with Crippen LogP contribution in [0.4, 0.5) is 0 Å². The standard InChI is InChI=1S/C24H32N2O3S/c1-18(2)16-23(20-8-5-4-6-9-20)25-24(27)21-10-7-11-22(17-21)30(28,29)26-14-12-19(3)13-15-26/h4-11,17-19,23H,12-16H2,1-3H3,(H,25,27). The van der Waals surface area contributed by atoms with Gasteiger partial charge in [0.1, 0.15) is 0 Å². The number of hydrogen-bond acceptors (Lipinski definition) is 3. The van der Waals surface area contributed by atoms with Gasteiger partial charge in [-0.3, -0.25) is 4.79 Å². The third kappa shape index (κ3) is 5.49. The number of nitrogens with one attached hydrogen (secondary N) is 1. The highest BCUT2D eigenvalue weighted by atomic mass is 32.2. The van der Waals surface area contributed by atoms with Crippen molar-refractivity contribution in [1.82, 2.24) is 9.62 Å². The lowest BCUT2D eigenvalue weighted by atomic mass is 9.96. The molecular formula is C24H32N2O3S. The minimum absolute atomic E-state index is 0.123. The Morgan fingerprint density at radius 1 is 1.07 bits per heavy atom. The fourth-order valence-corrected chi connectivity index (χ4v) is 5.36. The molecule has 0 radical (unpaired) electrons. The summed E-state index contributed by atoms with van der Waals surface area (Å²) in [6.45, 7) is 7.45. The average molecular weight is 429 g/mol. The molecule has 1 aliphatic heterocycles. The molecule has 1 heterocycles. The van der Waals surface area contributed by atoms with Crippen LogP contribution in [0, 0.1) is 11.8 Å². The number of benzene rings is 2. The highest BCUT2D eigenvalue weighted by molar-refractivity contribution is 7.89. The lowest BCUT2D eigenvalue weighted by Gasteiger charge is -2.29. The maximum absolute atomic E-state index is 13.1. The van der Waals surface area contributed by atoms with Gasteiger partial charge in [0.05, 0.1) is 10.9 Å². The third-order valence-corrected chi connectivity index (χ3v) is 7.59. The normalized spacial score (nSPS) is 17.1. The van der Waals surface area contributed by atoms with Crippen LogP contribution in [-0.2, 0) is 10.0 Å². The molecule has 1 amide bonds. The molecule has 5 nitrogen and oxygen atoms in total. The molecule has 0 saturated carbocycles. The van der Waals surface area contributed by atoms with Gasteiger partial charge in [0.25, 0.3) is 5.91 Å². The number of carbonyl (C=O) groups is 1. The van der Waals surface area contributed by atoms with E-state index in [0.29, 0.717) is 30.5 Å². The number of carbonyl (C=O) groups excluding carboxylic acids is 1. The van der Waals surface area contributed by atoms with Crippen molar-refractivity contribution in [2.75, 3.05) is 13.1 Å². The fraction of sp³-hybridized carbons (Fsp3) is 0.458. The van der Waals surface area contributed by atoms with Gasteiger partial charge in [-0.1, -0.05) is 57.2 Å². The highest BCUT2D eigenvalue weighted by Crippen LogP contribution is 2.25. The van der Waals surface area contributed by atoms with E-state index in [0.717, 1.165) is 24.8 Å². The van der Waals surface area contributed by atoms with Gasteiger partial charge in [-0.05, 0) is 54.9 Å². The first kappa shape index (κ1) is 22.5. The summed E-state index contributed by atoms with van der Waals surface area (Å²) in [5, 5.41) is 3.10. The second kappa shape index (κ2) is 9.75. The van der Waals surface area contributed by atoms with Gasteiger partial charge in [-0.25, -0.2) is 8.42 Å². The molecule has 1 fully saturated rings. The van der Waals surface area contributed by atoms with Crippen LogP contribution in [0.25, 0.3) is 0 Å². The molecule has 162 valence electrons. The SMILES string of the molecule is CC(C)CC(NC(=O)c1cccc(S(=O)(=O)N2CCC(C)CC2)c1)c1ccccc1. The quantitative estimate of drug-likeness (QED) is 0.699. The number of sulfonamides is 1. The van der Waals surface area contributed by atoms with Crippen molar-refractivity contribution in [2.24, 2.45) is 11.8 Å². The molecule has 0 aromatic heterocycles. The van der Waals surface area contributed by atoms with Gasteiger partial charge < -0.3 is 5.32 Å². The van der Waals surface area contributed by atoms with Crippen LogP contribution >= 0.6 is 0 Å². The maximum atomic E-state index is 13.1. The molecule has 0 spiro atoms. The Labute approximate surface area is 180 Å². The first-order valence-corrected chi connectivity index (χ1v) is 12.2. The zero-order chi connectivity index (χ0) is 21.7. The van der Waals surface area contributed by atoms with E-state index in [1.165, 1.54) is 10.4 Å². The predicted octanol–water partition coefficient (Wildman–Crippen LogP) is 4.62. The smallest absolute Gasteiger partial charge is 0.251 e. The van der Waals surface area contributed by atoms with Crippen LogP contribution in [0.3, 0.4) is 0 Å². The van der Waals surface area contributed by atoms with E-state index in [2.05, 4.69) is 26.1 Å². The summed E-state index contributed by atoms with van der Waals surface area (Å²) in [5.74, 6) is 0.696. The molecule has 1 atom stereocenters. The van der Waals surface area contributed by atoms with Gasteiger partial charge in [0, 0.05) is 18.7 Å². The molecule has 1 unspecified atom stereocenters. The van der Waals surface area contributed by atoms with Crippen molar-refractivity contribution in [3.8, 4) is 0 Å². The Morgan fingerprint density at radius 2 is 1.73 bits per heavy atom. The van der Waals surface area contributed by atoms with E-state index in [4.69, 9.17) is 0 Å². The third-order valence-electron chi connectivity index (χ3n) is 5.69. The Hall–Kier alpha value is -2.18. The lowest BCUT2D eigenvalue weighted by molar-refractivity contribution is 0.0931. The van der Waals surface area contributed by atoms with Gasteiger partial charge in [0.15, 0.2) is 0 Å². The Bertz CT molecular complexity index is 949. The highest BCUT2D eigenvalue weighted by Gasteiger charge is 2.28. The molecular weight excluding hydrogens is 396 g/mol. The van der Waals surface area contributed by atoms with Crippen LogP contribution in [0.5, 0.6) is 0 Å². The average Bonchev–Trinajstić information content (AvgIpc) is 2.74. The number of hydrogen-bond donors (Lipinski definition) is 1. The van der Waals surface area contributed by atoms with E-state index < -0.39 is 10.0 Å². The van der Waals surface area contributed by atoms with E-state index >= 15 is 0 Å². The summed E-state index contributed by atoms with van der Waals surface area (Å²) in [6.07, 6.45) is 2.54. The van der Waals surface area contributed by atoms with Crippen LogP contribution < -0.4 is 5.32 Å². The molecule has 1 N–H and O–H groups in total. The summed E-state index contributed by atoms with van der Waals surface area (Å²) in [6, 6.07) is 16.2. The second-order valence-electron chi connectivity index (χ2n) is 8.68. The summed E-state index contributed by atoms with van der Waals surface area (Å²) < 4.78 is 27.6. The monoisotopic (exact) mass is 428 g/mol. The Balaban J connectivity index is 1.79. The Morgan fingerprint density at radius 3 is 2.37 bits per heavy atom. The summed E-state index contributed by atoms with van der Waals surface area (Å²) in [4.78, 5) is 13.2. The van der Waals surface area contributed by atoms with Gasteiger partial charge in [-0.15, -0.1) is 0 Å². The maximum Gasteiger partial charge on any atom is 0.251 e. The zero-order valence-electron chi connectivity index (χ0n) is 18.0. The van der Waals surface area contributed by atoms with Crippen molar-refractivity contribution in [2.45, 2.75) is 51.0 Å². The lowest BCUT2D eigenvalue weighted by Crippen LogP contribution is -2.38. The molecule has 0 aliphatic carbocycles. The number of rotatable bonds is 7. The molecule has 1 saturated heterocycles. The minimum Gasteiger partial charge on any atom is -0.345 e. The molecule has 3 rings (SSSR count). The predicted molar refractivity (Wildman–Crippen MR) is 120 cm³/mol. The van der Waals surface area contributed by atoms with Crippen molar-refractivity contribution in [1.29, 1.82) is 0 Å². The summed E-state index contributed by atoms with van der Waals surface area (Å²) >= 11 is 0. The van der Waals surface area contributed by atoms with Gasteiger partial charge >= 0.3 is 0 Å². The van der Waals surface area contributed by atoms with E-state index in [1.54, 1.807) is 18.2 Å². The molecule has 2 aromatic carbocycles. The van der Waals surface area contributed by atoms with Crippen molar-refractivity contribution >= 4 is 15.9 Å².